The van der Waals surface area contributed by atoms with Crippen LogP contribution in [-0.4, -0.2) is 61.0 Å². The maximum Gasteiger partial charge on any atom is 0.306 e. The molecule has 1 amide bonds. The summed E-state index contributed by atoms with van der Waals surface area (Å²) < 4.78 is 4.96. The smallest absolute Gasteiger partial charge is 0.306 e. The summed E-state index contributed by atoms with van der Waals surface area (Å²) in [6.45, 7) is 3.27. The highest BCUT2D eigenvalue weighted by atomic mass is 16.6. The molecule has 2 heterocycles. The molecule has 15 heavy (non-hydrogen) atoms. The minimum atomic E-state index is -0.513. The number of rotatable bonds is 1. The average Bonchev–Trinajstić information content (AvgIpc) is 2.65. The van der Waals surface area contributed by atoms with E-state index in [1.54, 1.807) is 4.90 Å². The topological polar surface area (TPSA) is 49.9 Å². The lowest BCUT2D eigenvalue weighted by Crippen LogP contribution is -2.50. The molecule has 5 nitrogen and oxygen atoms in total. The summed E-state index contributed by atoms with van der Waals surface area (Å²) in [5, 5.41) is 0. The Labute approximate surface area is 89.0 Å². The van der Waals surface area contributed by atoms with E-state index in [0.29, 0.717) is 12.8 Å². The molecule has 2 saturated heterocycles. The van der Waals surface area contributed by atoms with E-state index in [2.05, 4.69) is 4.90 Å². The van der Waals surface area contributed by atoms with Crippen LogP contribution in [-0.2, 0) is 14.3 Å². The molecular weight excluding hydrogens is 196 g/mol. The van der Waals surface area contributed by atoms with Gasteiger partial charge in [-0.15, -0.1) is 0 Å². The predicted molar refractivity (Wildman–Crippen MR) is 53.2 cm³/mol. The summed E-state index contributed by atoms with van der Waals surface area (Å²) in [5.41, 5.74) is 0. The van der Waals surface area contributed by atoms with E-state index in [9.17, 15) is 9.59 Å². The van der Waals surface area contributed by atoms with E-state index in [-0.39, 0.29) is 11.9 Å². The molecule has 0 bridgehead atoms. The molecule has 5 heteroatoms. The molecule has 0 aromatic rings. The van der Waals surface area contributed by atoms with Crippen LogP contribution >= 0.6 is 0 Å². The zero-order chi connectivity index (χ0) is 10.8. The van der Waals surface area contributed by atoms with Gasteiger partial charge in [0.2, 0.25) is 0 Å². The van der Waals surface area contributed by atoms with E-state index < -0.39 is 6.10 Å². The number of cyclic esters (lactones) is 1. The maximum absolute atomic E-state index is 11.9. The van der Waals surface area contributed by atoms with E-state index in [0.717, 1.165) is 26.2 Å². The zero-order valence-electron chi connectivity index (χ0n) is 8.94. The van der Waals surface area contributed by atoms with E-state index in [1.165, 1.54) is 0 Å². The minimum absolute atomic E-state index is 0.0195. The van der Waals surface area contributed by atoms with E-state index in [4.69, 9.17) is 4.74 Å². The molecule has 0 aliphatic carbocycles. The second-order valence-corrected chi connectivity index (χ2v) is 4.15. The number of esters is 1. The van der Waals surface area contributed by atoms with Crippen LogP contribution in [0.4, 0.5) is 0 Å². The molecule has 0 aromatic heterocycles. The molecule has 2 fully saturated rings. The first kappa shape index (κ1) is 10.4. The number of likely N-dealkylation sites (N-methyl/N-ethyl adjacent to an activating group) is 1. The highest BCUT2D eigenvalue weighted by molar-refractivity contribution is 5.86. The minimum Gasteiger partial charge on any atom is -0.452 e. The van der Waals surface area contributed by atoms with Crippen LogP contribution in [0.2, 0.25) is 0 Å². The molecule has 2 rings (SSSR count). The summed E-state index contributed by atoms with van der Waals surface area (Å²) in [6, 6.07) is 0. The van der Waals surface area contributed by atoms with Gasteiger partial charge in [0.05, 0.1) is 0 Å². The van der Waals surface area contributed by atoms with Crippen LogP contribution in [0.25, 0.3) is 0 Å². The average molecular weight is 212 g/mol. The molecular formula is C10H16N2O3. The van der Waals surface area contributed by atoms with Crippen molar-refractivity contribution in [2.45, 2.75) is 18.9 Å². The van der Waals surface area contributed by atoms with Gasteiger partial charge in [-0.2, -0.15) is 0 Å². The second-order valence-electron chi connectivity index (χ2n) is 4.15. The number of amides is 1. The van der Waals surface area contributed by atoms with E-state index >= 15 is 0 Å². The summed E-state index contributed by atoms with van der Waals surface area (Å²) in [4.78, 5) is 26.8. The van der Waals surface area contributed by atoms with Gasteiger partial charge in [-0.1, -0.05) is 0 Å². The number of nitrogens with zero attached hydrogens (tertiary/aromatic N) is 2. The number of ether oxygens (including phenoxy) is 1. The van der Waals surface area contributed by atoms with Crippen molar-refractivity contribution >= 4 is 11.9 Å². The van der Waals surface area contributed by atoms with Gasteiger partial charge in [-0.25, -0.2) is 0 Å². The predicted octanol–water partition coefficient (Wildman–Crippen LogP) is -0.534. The Bertz CT molecular complexity index is 272. The van der Waals surface area contributed by atoms with Crippen LogP contribution in [0, 0.1) is 0 Å². The van der Waals surface area contributed by atoms with E-state index in [1.807, 2.05) is 7.05 Å². The fourth-order valence-corrected chi connectivity index (χ4v) is 1.93. The van der Waals surface area contributed by atoms with Gasteiger partial charge < -0.3 is 14.5 Å². The third-order valence-electron chi connectivity index (χ3n) is 2.97. The number of hydrogen-bond acceptors (Lipinski definition) is 4. The first-order valence-electron chi connectivity index (χ1n) is 5.33. The first-order chi connectivity index (χ1) is 7.16. The highest BCUT2D eigenvalue weighted by Gasteiger charge is 2.33. The molecule has 0 radical (unpaired) electrons. The van der Waals surface area contributed by atoms with Crippen molar-refractivity contribution < 1.29 is 14.3 Å². The monoisotopic (exact) mass is 212 g/mol. The zero-order valence-corrected chi connectivity index (χ0v) is 8.94. The molecule has 0 aromatic carbocycles. The standard InChI is InChI=1S/C10H16N2O3/c1-11-4-6-12(7-5-11)10(14)8-2-3-9(13)15-8/h8H,2-7H2,1H3. The number of carbonyl (C=O) groups excluding carboxylic acids is 2. The van der Waals surface area contributed by atoms with Gasteiger partial charge in [-0.3, -0.25) is 9.59 Å². The number of hydrogen-bond donors (Lipinski definition) is 0. The fourth-order valence-electron chi connectivity index (χ4n) is 1.93. The van der Waals surface area contributed by atoms with Crippen molar-refractivity contribution in [2.24, 2.45) is 0 Å². The molecule has 2 aliphatic rings. The molecule has 0 spiro atoms. The van der Waals surface area contributed by atoms with Crippen molar-refractivity contribution in [1.82, 2.24) is 9.80 Å². The molecule has 2 aliphatic heterocycles. The van der Waals surface area contributed by atoms with Gasteiger partial charge in [0.1, 0.15) is 0 Å². The van der Waals surface area contributed by atoms with Gasteiger partial charge in [-0.05, 0) is 7.05 Å². The van der Waals surface area contributed by atoms with Gasteiger partial charge in [0, 0.05) is 39.0 Å². The van der Waals surface area contributed by atoms with Crippen LogP contribution in [0.5, 0.6) is 0 Å². The SMILES string of the molecule is CN1CCN(C(=O)C2CCC(=O)O2)CC1. The number of carbonyl (C=O) groups is 2. The highest BCUT2D eigenvalue weighted by Crippen LogP contribution is 2.16. The number of piperazine rings is 1. The summed E-state index contributed by atoms with van der Waals surface area (Å²) in [7, 11) is 2.04. The fraction of sp³-hybridized carbons (Fsp3) is 0.800. The Balaban J connectivity index is 1.88. The molecule has 1 atom stereocenters. The second kappa shape index (κ2) is 4.18. The van der Waals surface area contributed by atoms with Gasteiger partial charge in [0.15, 0.2) is 6.10 Å². The lowest BCUT2D eigenvalue weighted by Gasteiger charge is -2.33. The summed E-state index contributed by atoms with van der Waals surface area (Å²) >= 11 is 0. The van der Waals surface area contributed by atoms with Crippen molar-refractivity contribution in [3.8, 4) is 0 Å². The largest absolute Gasteiger partial charge is 0.452 e. The van der Waals surface area contributed by atoms with Crippen molar-refractivity contribution in [3.05, 3.63) is 0 Å². The lowest BCUT2D eigenvalue weighted by atomic mass is 10.2. The van der Waals surface area contributed by atoms with Gasteiger partial charge >= 0.3 is 5.97 Å². The van der Waals surface area contributed by atoms with Crippen LogP contribution in [0.1, 0.15) is 12.8 Å². The van der Waals surface area contributed by atoms with Crippen molar-refractivity contribution in [3.63, 3.8) is 0 Å². The normalized spacial score (nSPS) is 27.9. The Morgan fingerprint density at radius 2 is 2.00 bits per heavy atom. The Kier molecular flexibility index (Phi) is 2.90. The molecule has 84 valence electrons. The molecule has 0 saturated carbocycles. The Morgan fingerprint density at radius 1 is 1.33 bits per heavy atom. The molecule has 1 unspecified atom stereocenters. The lowest BCUT2D eigenvalue weighted by molar-refractivity contribution is -0.153. The van der Waals surface area contributed by atoms with Crippen LogP contribution < -0.4 is 0 Å². The van der Waals surface area contributed by atoms with Crippen LogP contribution in [0.15, 0.2) is 0 Å². The third-order valence-corrected chi connectivity index (χ3v) is 2.97. The quantitative estimate of drug-likeness (QED) is 0.548. The Hall–Kier alpha value is -1.10. The summed E-state index contributed by atoms with van der Waals surface area (Å²) in [6.07, 6.45) is 0.412. The molecule has 0 N–H and O–H groups in total. The Morgan fingerprint density at radius 3 is 2.53 bits per heavy atom. The first-order valence-corrected chi connectivity index (χ1v) is 5.33. The third kappa shape index (κ3) is 2.28. The van der Waals surface area contributed by atoms with Crippen LogP contribution in [0.3, 0.4) is 0 Å². The van der Waals surface area contributed by atoms with Crippen molar-refractivity contribution in [2.75, 3.05) is 33.2 Å². The van der Waals surface area contributed by atoms with Crippen molar-refractivity contribution in [1.29, 1.82) is 0 Å². The maximum atomic E-state index is 11.9. The van der Waals surface area contributed by atoms with Gasteiger partial charge in [0.25, 0.3) is 5.91 Å². The summed E-state index contributed by atoms with van der Waals surface area (Å²) in [5.74, 6) is -0.267.